The zero-order valence-corrected chi connectivity index (χ0v) is 12.7. The molecular formula is C17H25NO2. The van der Waals surface area contributed by atoms with Crippen LogP contribution in [0.5, 0.6) is 0 Å². The molecule has 0 aromatic heterocycles. The molecule has 0 amide bonds. The molecule has 1 N–H and O–H groups in total. The number of aliphatic hydroxyl groups excluding tert-OH is 1. The van der Waals surface area contributed by atoms with Gasteiger partial charge in [-0.15, -0.1) is 0 Å². The Morgan fingerprint density at radius 1 is 1.35 bits per heavy atom. The van der Waals surface area contributed by atoms with Crippen molar-refractivity contribution in [3.8, 4) is 0 Å². The molecule has 2 atom stereocenters. The molecule has 1 fully saturated rings. The highest BCUT2D eigenvalue weighted by Crippen LogP contribution is 2.20. The van der Waals surface area contributed by atoms with Gasteiger partial charge >= 0.3 is 0 Å². The van der Waals surface area contributed by atoms with Gasteiger partial charge in [0.1, 0.15) is 0 Å². The van der Waals surface area contributed by atoms with Gasteiger partial charge < -0.3 is 10.0 Å². The molecule has 0 saturated carbocycles. The van der Waals surface area contributed by atoms with Gasteiger partial charge in [0.15, 0.2) is 5.78 Å². The Balaban J connectivity index is 1.87. The highest BCUT2D eigenvalue weighted by molar-refractivity contribution is 5.96. The molecule has 2 unspecified atom stereocenters. The van der Waals surface area contributed by atoms with Crippen molar-refractivity contribution in [2.24, 2.45) is 5.92 Å². The van der Waals surface area contributed by atoms with E-state index in [4.69, 9.17) is 0 Å². The first-order chi connectivity index (χ1) is 9.45. The lowest BCUT2D eigenvalue weighted by Crippen LogP contribution is -2.26. The lowest BCUT2D eigenvalue weighted by Gasteiger charge is -2.17. The molecule has 1 aliphatic heterocycles. The Bertz CT molecular complexity index is 462. The average Bonchev–Trinajstić information content (AvgIpc) is 2.83. The standard InChI is InChI=1S/C17H25NO2/c1-12-8-13(2)10-16(9-12)17(20)5-7-18-6-4-15(11-18)14(3)19/h8-10,14-15,19H,4-7,11H2,1-3H3. The summed E-state index contributed by atoms with van der Waals surface area (Å²) in [7, 11) is 0. The van der Waals surface area contributed by atoms with E-state index in [1.807, 2.05) is 32.9 Å². The fraction of sp³-hybridized carbons (Fsp3) is 0.588. The van der Waals surface area contributed by atoms with Gasteiger partial charge in [0.2, 0.25) is 0 Å². The van der Waals surface area contributed by atoms with Crippen LogP contribution in [0.4, 0.5) is 0 Å². The van der Waals surface area contributed by atoms with E-state index in [0.717, 1.165) is 42.7 Å². The fourth-order valence-electron chi connectivity index (χ4n) is 3.00. The van der Waals surface area contributed by atoms with Gasteiger partial charge in [0, 0.05) is 25.1 Å². The Morgan fingerprint density at radius 3 is 2.55 bits per heavy atom. The topological polar surface area (TPSA) is 40.5 Å². The third kappa shape index (κ3) is 3.90. The number of rotatable bonds is 5. The molecule has 20 heavy (non-hydrogen) atoms. The summed E-state index contributed by atoms with van der Waals surface area (Å²) in [6, 6.07) is 6.03. The number of benzene rings is 1. The summed E-state index contributed by atoms with van der Waals surface area (Å²) >= 11 is 0. The van der Waals surface area contributed by atoms with Crippen molar-refractivity contribution in [1.82, 2.24) is 4.90 Å². The van der Waals surface area contributed by atoms with Crippen molar-refractivity contribution in [1.29, 1.82) is 0 Å². The van der Waals surface area contributed by atoms with Gasteiger partial charge in [-0.05, 0) is 51.8 Å². The van der Waals surface area contributed by atoms with Crippen molar-refractivity contribution in [2.45, 2.75) is 39.7 Å². The predicted octanol–water partition coefficient (Wildman–Crippen LogP) is 2.58. The SMILES string of the molecule is Cc1cc(C)cc(C(=O)CCN2CCC(C(C)O)C2)c1. The van der Waals surface area contributed by atoms with E-state index in [2.05, 4.69) is 11.0 Å². The fourth-order valence-corrected chi connectivity index (χ4v) is 3.00. The second-order valence-corrected chi connectivity index (χ2v) is 6.14. The Morgan fingerprint density at radius 2 is 2.00 bits per heavy atom. The van der Waals surface area contributed by atoms with Crippen LogP contribution in [0.2, 0.25) is 0 Å². The number of carbonyl (C=O) groups excluding carboxylic acids is 1. The Hall–Kier alpha value is -1.19. The van der Waals surface area contributed by atoms with Crippen LogP contribution < -0.4 is 0 Å². The first kappa shape index (κ1) is 15.2. The van der Waals surface area contributed by atoms with Crippen molar-refractivity contribution < 1.29 is 9.90 Å². The molecule has 110 valence electrons. The monoisotopic (exact) mass is 275 g/mol. The van der Waals surface area contributed by atoms with Crippen LogP contribution >= 0.6 is 0 Å². The van der Waals surface area contributed by atoms with Gasteiger partial charge in [0.25, 0.3) is 0 Å². The zero-order valence-electron chi connectivity index (χ0n) is 12.7. The zero-order chi connectivity index (χ0) is 14.7. The molecule has 1 saturated heterocycles. The predicted molar refractivity (Wildman–Crippen MR) is 81.1 cm³/mol. The number of likely N-dealkylation sites (tertiary alicyclic amines) is 1. The molecule has 3 heteroatoms. The number of hydrogen-bond donors (Lipinski definition) is 1. The molecule has 2 rings (SSSR count). The summed E-state index contributed by atoms with van der Waals surface area (Å²) in [5.41, 5.74) is 3.11. The molecule has 1 aliphatic rings. The quantitative estimate of drug-likeness (QED) is 0.840. The van der Waals surface area contributed by atoms with E-state index < -0.39 is 0 Å². The van der Waals surface area contributed by atoms with E-state index in [0.29, 0.717) is 12.3 Å². The number of aliphatic hydroxyl groups is 1. The third-order valence-electron chi connectivity index (χ3n) is 4.19. The smallest absolute Gasteiger partial charge is 0.164 e. The minimum atomic E-state index is -0.241. The molecule has 1 heterocycles. The van der Waals surface area contributed by atoms with Crippen LogP contribution in [0.25, 0.3) is 0 Å². The normalized spacial score (nSPS) is 21.1. The van der Waals surface area contributed by atoms with Crippen LogP contribution in [-0.4, -0.2) is 41.5 Å². The van der Waals surface area contributed by atoms with Gasteiger partial charge in [-0.25, -0.2) is 0 Å². The molecular weight excluding hydrogens is 250 g/mol. The third-order valence-corrected chi connectivity index (χ3v) is 4.19. The number of carbonyl (C=O) groups is 1. The first-order valence-corrected chi connectivity index (χ1v) is 7.47. The Labute approximate surface area is 121 Å². The minimum Gasteiger partial charge on any atom is -0.393 e. The minimum absolute atomic E-state index is 0.220. The maximum atomic E-state index is 12.2. The largest absolute Gasteiger partial charge is 0.393 e. The van der Waals surface area contributed by atoms with Crippen LogP contribution in [-0.2, 0) is 0 Å². The number of aryl methyl sites for hydroxylation is 2. The van der Waals surface area contributed by atoms with Crippen molar-refractivity contribution in [3.63, 3.8) is 0 Å². The molecule has 0 bridgehead atoms. The summed E-state index contributed by atoms with van der Waals surface area (Å²) in [4.78, 5) is 14.5. The lowest BCUT2D eigenvalue weighted by atomic mass is 10.0. The molecule has 1 aromatic carbocycles. The maximum Gasteiger partial charge on any atom is 0.164 e. The van der Waals surface area contributed by atoms with Gasteiger partial charge in [-0.2, -0.15) is 0 Å². The van der Waals surface area contributed by atoms with Crippen molar-refractivity contribution in [2.75, 3.05) is 19.6 Å². The molecule has 0 spiro atoms. The summed E-state index contributed by atoms with van der Waals surface area (Å²) in [5, 5.41) is 9.59. The summed E-state index contributed by atoms with van der Waals surface area (Å²) < 4.78 is 0. The highest BCUT2D eigenvalue weighted by atomic mass is 16.3. The number of Topliss-reactive ketones (excluding diaryl/α,β-unsaturated/α-hetero) is 1. The molecule has 1 aromatic rings. The summed E-state index contributed by atoms with van der Waals surface area (Å²) in [6.45, 7) is 8.62. The second-order valence-electron chi connectivity index (χ2n) is 6.14. The van der Waals surface area contributed by atoms with E-state index in [-0.39, 0.29) is 11.9 Å². The number of nitrogens with zero attached hydrogens (tertiary/aromatic N) is 1. The van der Waals surface area contributed by atoms with E-state index in [9.17, 15) is 9.90 Å². The summed E-state index contributed by atoms with van der Waals surface area (Å²) in [6.07, 6.45) is 1.36. The lowest BCUT2D eigenvalue weighted by molar-refractivity contribution is 0.0963. The maximum absolute atomic E-state index is 12.2. The number of ketones is 1. The van der Waals surface area contributed by atoms with Crippen molar-refractivity contribution in [3.05, 3.63) is 34.9 Å². The highest BCUT2D eigenvalue weighted by Gasteiger charge is 2.25. The van der Waals surface area contributed by atoms with Crippen LogP contribution in [0.1, 0.15) is 41.3 Å². The Kier molecular flexibility index (Phi) is 4.95. The first-order valence-electron chi connectivity index (χ1n) is 7.47. The molecule has 0 aliphatic carbocycles. The van der Waals surface area contributed by atoms with Crippen LogP contribution in [0.3, 0.4) is 0 Å². The van der Waals surface area contributed by atoms with Crippen LogP contribution in [0.15, 0.2) is 18.2 Å². The van der Waals surface area contributed by atoms with Crippen LogP contribution in [0, 0.1) is 19.8 Å². The van der Waals surface area contributed by atoms with Gasteiger partial charge in [-0.3, -0.25) is 4.79 Å². The average molecular weight is 275 g/mol. The molecule has 3 nitrogen and oxygen atoms in total. The van der Waals surface area contributed by atoms with E-state index in [1.54, 1.807) is 0 Å². The van der Waals surface area contributed by atoms with Gasteiger partial charge in [0.05, 0.1) is 6.10 Å². The van der Waals surface area contributed by atoms with E-state index in [1.165, 1.54) is 0 Å². The van der Waals surface area contributed by atoms with Gasteiger partial charge in [-0.1, -0.05) is 17.2 Å². The van der Waals surface area contributed by atoms with E-state index >= 15 is 0 Å². The second kappa shape index (κ2) is 6.51. The summed E-state index contributed by atoms with van der Waals surface area (Å²) in [5.74, 6) is 0.587. The van der Waals surface area contributed by atoms with Crippen molar-refractivity contribution >= 4 is 5.78 Å². The number of hydrogen-bond acceptors (Lipinski definition) is 3. The molecule has 0 radical (unpaired) electrons.